The predicted molar refractivity (Wildman–Crippen MR) is 75.7 cm³/mol. The first-order valence-corrected chi connectivity index (χ1v) is 7.02. The van der Waals surface area contributed by atoms with Crippen LogP contribution in [0, 0.1) is 0 Å². The van der Waals surface area contributed by atoms with Gasteiger partial charge in [-0.15, -0.1) is 0 Å². The van der Waals surface area contributed by atoms with Crippen molar-refractivity contribution >= 4 is 6.09 Å². The molecule has 1 aliphatic heterocycles. The molecule has 0 saturated carbocycles. The van der Waals surface area contributed by atoms with Crippen LogP contribution >= 0.6 is 0 Å². The number of carbonyl (C=O) groups excluding carboxylic acids is 1. The fourth-order valence-electron chi connectivity index (χ4n) is 2.24. The minimum absolute atomic E-state index is 0.167. The second-order valence-electron chi connectivity index (χ2n) is 6.27. The van der Waals surface area contributed by atoms with Crippen LogP contribution in [0.3, 0.4) is 0 Å². The van der Waals surface area contributed by atoms with E-state index in [4.69, 9.17) is 9.47 Å². The molecule has 0 N–H and O–H groups in total. The Bertz CT molecular complexity index is 511. The molecular weight excluding hydrogens is 294 g/mol. The molecule has 2 rings (SSSR count). The number of pyridine rings is 1. The SMILES string of the molecule is CC(C)(C)OC(=O)N1CC(OCC(F)F)(c2cccnc2)C1. The lowest BCUT2D eigenvalue weighted by molar-refractivity contribution is -0.165. The number of alkyl halides is 2. The summed E-state index contributed by atoms with van der Waals surface area (Å²) in [4.78, 5) is 17.4. The summed E-state index contributed by atoms with van der Waals surface area (Å²) in [5.41, 5.74) is -0.870. The van der Waals surface area contributed by atoms with Crippen LogP contribution in [0.2, 0.25) is 0 Å². The minimum Gasteiger partial charge on any atom is -0.444 e. The highest BCUT2D eigenvalue weighted by molar-refractivity contribution is 5.70. The van der Waals surface area contributed by atoms with Crippen molar-refractivity contribution in [3.8, 4) is 0 Å². The van der Waals surface area contributed by atoms with Gasteiger partial charge < -0.3 is 14.4 Å². The molecule has 0 spiro atoms. The standard InChI is InChI=1S/C15H20F2N2O3/c1-14(2,3)22-13(20)19-9-15(10-19,21-8-12(16)17)11-5-4-6-18-7-11/h4-7,12H,8-10H2,1-3H3. The second-order valence-corrected chi connectivity index (χ2v) is 6.27. The van der Waals surface area contributed by atoms with Crippen molar-refractivity contribution in [3.63, 3.8) is 0 Å². The molecule has 0 atom stereocenters. The van der Waals surface area contributed by atoms with Crippen molar-refractivity contribution in [3.05, 3.63) is 30.1 Å². The zero-order valence-electron chi connectivity index (χ0n) is 12.9. The number of ether oxygens (including phenoxy) is 2. The van der Waals surface area contributed by atoms with Gasteiger partial charge in [-0.1, -0.05) is 6.07 Å². The van der Waals surface area contributed by atoms with Gasteiger partial charge in [0.25, 0.3) is 6.43 Å². The lowest BCUT2D eigenvalue weighted by Crippen LogP contribution is -2.63. The average molecular weight is 314 g/mol. The third kappa shape index (κ3) is 3.91. The zero-order chi connectivity index (χ0) is 16.4. The quantitative estimate of drug-likeness (QED) is 0.857. The van der Waals surface area contributed by atoms with E-state index in [2.05, 4.69) is 4.98 Å². The fourth-order valence-corrected chi connectivity index (χ4v) is 2.24. The Morgan fingerprint density at radius 2 is 2.14 bits per heavy atom. The lowest BCUT2D eigenvalue weighted by atomic mass is 9.87. The molecule has 1 amide bonds. The van der Waals surface area contributed by atoms with E-state index >= 15 is 0 Å². The number of aromatic nitrogens is 1. The number of amides is 1. The van der Waals surface area contributed by atoms with Crippen LogP contribution < -0.4 is 0 Å². The van der Waals surface area contributed by atoms with Gasteiger partial charge in [-0.3, -0.25) is 4.98 Å². The molecule has 0 aliphatic carbocycles. The van der Waals surface area contributed by atoms with Crippen LogP contribution in [0.25, 0.3) is 0 Å². The summed E-state index contributed by atoms with van der Waals surface area (Å²) in [6.45, 7) is 4.96. The summed E-state index contributed by atoms with van der Waals surface area (Å²) in [5.74, 6) is 0. The molecule has 0 aromatic carbocycles. The summed E-state index contributed by atoms with van der Waals surface area (Å²) in [6, 6.07) is 3.46. The Hall–Kier alpha value is -1.76. The molecule has 0 unspecified atom stereocenters. The second kappa shape index (κ2) is 6.16. The summed E-state index contributed by atoms with van der Waals surface area (Å²) in [5, 5.41) is 0. The number of halogens is 2. The van der Waals surface area contributed by atoms with Gasteiger partial charge in [0.05, 0.1) is 13.1 Å². The molecule has 1 aliphatic rings. The van der Waals surface area contributed by atoms with Crippen molar-refractivity contribution in [2.24, 2.45) is 0 Å². The number of nitrogens with zero attached hydrogens (tertiary/aromatic N) is 2. The molecular formula is C15H20F2N2O3. The van der Waals surface area contributed by atoms with Gasteiger partial charge >= 0.3 is 6.09 Å². The highest BCUT2D eigenvalue weighted by atomic mass is 19.3. The molecule has 7 heteroatoms. The fraction of sp³-hybridized carbons (Fsp3) is 0.600. The van der Waals surface area contributed by atoms with Crippen molar-refractivity contribution in [1.82, 2.24) is 9.88 Å². The third-order valence-electron chi connectivity index (χ3n) is 3.22. The zero-order valence-corrected chi connectivity index (χ0v) is 12.9. The van der Waals surface area contributed by atoms with Crippen molar-refractivity contribution in [2.45, 2.75) is 38.4 Å². The first-order chi connectivity index (χ1) is 10.2. The number of hydrogen-bond donors (Lipinski definition) is 0. The number of hydrogen-bond acceptors (Lipinski definition) is 4. The Labute approximate surface area is 128 Å². The molecule has 122 valence electrons. The van der Waals surface area contributed by atoms with E-state index in [1.165, 1.54) is 4.90 Å². The minimum atomic E-state index is -2.57. The van der Waals surface area contributed by atoms with E-state index in [9.17, 15) is 13.6 Å². The number of likely N-dealkylation sites (tertiary alicyclic amines) is 1. The van der Waals surface area contributed by atoms with Gasteiger partial charge in [0.15, 0.2) is 0 Å². The third-order valence-corrected chi connectivity index (χ3v) is 3.22. The summed E-state index contributed by atoms with van der Waals surface area (Å²) < 4.78 is 35.6. The van der Waals surface area contributed by atoms with E-state index in [1.54, 1.807) is 45.3 Å². The van der Waals surface area contributed by atoms with Gasteiger partial charge in [-0.05, 0) is 26.8 Å². The Balaban J connectivity index is 2.06. The molecule has 2 heterocycles. The van der Waals surface area contributed by atoms with E-state index in [-0.39, 0.29) is 13.1 Å². The highest BCUT2D eigenvalue weighted by Gasteiger charge is 2.49. The van der Waals surface area contributed by atoms with Crippen LogP contribution in [-0.4, -0.2) is 47.7 Å². The van der Waals surface area contributed by atoms with Crippen molar-refractivity contribution in [1.29, 1.82) is 0 Å². The van der Waals surface area contributed by atoms with Crippen molar-refractivity contribution < 1.29 is 23.0 Å². The maximum Gasteiger partial charge on any atom is 0.410 e. The normalized spacial score (nSPS) is 17.3. The highest BCUT2D eigenvalue weighted by Crippen LogP contribution is 2.36. The predicted octanol–water partition coefficient (Wildman–Crippen LogP) is 2.81. The topological polar surface area (TPSA) is 51.7 Å². The molecule has 5 nitrogen and oxygen atoms in total. The largest absolute Gasteiger partial charge is 0.444 e. The Morgan fingerprint density at radius 1 is 1.45 bits per heavy atom. The van der Waals surface area contributed by atoms with Gasteiger partial charge in [-0.25, -0.2) is 13.6 Å². The van der Waals surface area contributed by atoms with Crippen LogP contribution in [0.5, 0.6) is 0 Å². The number of rotatable bonds is 4. The maximum absolute atomic E-state index is 12.5. The van der Waals surface area contributed by atoms with E-state index in [0.29, 0.717) is 5.56 Å². The molecule has 22 heavy (non-hydrogen) atoms. The monoisotopic (exact) mass is 314 g/mol. The van der Waals surface area contributed by atoms with Gasteiger partial charge in [-0.2, -0.15) is 0 Å². The maximum atomic E-state index is 12.5. The smallest absolute Gasteiger partial charge is 0.410 e. The van der Waals surface area contributed by atoms with Gasteiger partial charge in [0.1, 0.15) is 17.8 Å². The summed E-state index contributed by atoms with van der Waals surface area (Å²) >= 11 is 0. The number of carbonyl (C=O) groups is 1. The summed E-state index contributed by atoms with van der Waals surface area (Å²) in [7, 11) is 0. The molecule has 0 radical (unpaired) electrons. The first-order valence-electron chi connectivity index (χ1n) is 7.02. The van der Waals surface area contributed by atoms with Crippen LogP contribution in [-0.2, 0) is 15.1 Å². The van der Waals surface area contributed by atoms with Crippen LogP contribution in [0.1, 0.15) is 26.3 Å². The molecule has 0 bridgehead atoms. The molecule has 1 fully saturated rings. The molecule has 1 aromatic heterocycles. The van der Waals surface area contributed by atoms with Gasteiger partial charge in [0, 0.05) is 18.0 Å². The summed E-state index contributed by atoms with van der Waals surface area (Å²) in [6.07, 6.45) is 0.115. The van der Waals surface area contributed by atoms with Crippen LogP contribution in [0.4, 0.5) is 13.6 Å². The molecule has 1 saturated heterocycles. The van der Waals surface area contributed by atoms with Crippen LogP contribution in [0.15, 0.2) is 24.5 Å². The van der Waals surface area contributed by atoms with E-state index in [0.717, 1.165) is 0 Å². The Morgan fingerprint density at radius 3 is 2.64 bits per heavy atom. The van der Waals surface area contributed by atoms with E-state index < -0.39 is 30.3 Å². The lowest BCUT2D eigenvalue weighted by Gasteiger charge is -2.49. The van der Waals surface area contributed by atoms with Gasteiger partial charge in [0.2, 0.25) is 0 Å². The Kier molecular flexibility index (Phi) is 4.65. The average Bonchev–Trinajstić information content (AvgIpc) is 2.36. The van der Waals surface area contributed by atoms with E-state index in [1.807, 2.05) is 0 Å². The van der Waals surface area contributed by atoms with Crippen molar-refractivity contribution in [2.75, 3.05) is 19.7 Å². The molecule has 1 aromatic rings. The first kappa shape index (κ1) is 16.6.